The van der Waals surface area contributed by atoms with Gasteiger partial charge in [0.15, 0.2) is 0 Å². The van der Waals surface area contributed by atoms with Crippen molar-refractivity contribution in [3.63, 3.8) is 0 Å². The molecule has 0 bridgehead atoms. The summed E-state index contributed by atoms with van der Waals surface area (Å²) >= 11 is 3.09. The van der Waals surface area contributed by atoms with Crippen LogP contribution < -0.4 is 0 Å². The van der Waals surface area contributed by atoms with E-state index in [0.717, 1.165) is 12.1 Å². The van der Waals surface area contributed by atoms with Crippen molar-refractivity contribution in [3.05, 3.63) is 40.6 Å². The fourth-order valence-electron chi connectivity index (χ4n) is 1.66. The number of benzene rings is 1. The summed E-state index contributed by atoms with van der Waals surface area (Å²) in [6, 6.07) is 3.59. The van der Waals surface area contributed by atoms with Crippen LogP contribution in [0.4, 0.5) is 4.39 Å². The largest absolute Gasteiger partial charge is 0.244 e. The average molecular weight is 320 g/mol. The zero-order chi connectivity index (χ0) is 12.5. The Morgan fingerprint density at radius 2 is 2.06 bits per heavy atom. The summed E-state index contributed by atoms with van der Waals surface area (Å²) < 4.78 is 39.1. The number of sulfonamides is 1. The van der Waals surface area contributed by atoms with Gasteiger partial charge < -0.3 is 0 Å². The standard InChI is InChI=1S/C11H11BrFNO2S/c12-10-8-9(13)4-5-11(10)17(15,16)14-6-2-1-3-7-14/h1-2,4-5,8H,3,6-7H2. The Bertz CT molecular complexity index is 557. The topological polar surface area (TPSA) is 37.4 Å². The van der Waals surface area contributed by atoms with Gasteiger partial charge in [0.2, 0.25) is 10.0 Å². The van der Waals surface area contributed by atoms with Gasteiger partial charge in [0, 0.05) is 17.6 Å². The van der Waals surface area contributed by atoms with Crippen LogP contribution in [0, 0.1) is 5.82 Å². The van der Waals surface area contributed by atoms with Crippen LogP contribution in [0.3, 0.4) is 0 Å². The Morgan fingerprint density at radius 1 is 1.29 bits per heavy atom. The first kappa shape index (κ1) is 12.7. The van der Waals surface area contributed by atoms with E-state index in [1.54, 1.807) is 0 Å². The van der Waals surface area contributed by atoms with Crippen molar-refractivity contribution in [1.29, 1.82) is 0 Å². The smallest absolute Gasteiger partial charge is 0.207 e. The number of halogens is 2. The van der Waals surface area contributed by atoms with Gasteiger partial charge in [-0.15, -0.1) is 0 Å². The van der Waals surface area contributed by atoms with Crippen LogP contribution in [-0.4, -0.2) is 25.8 Å². The lowest BCUT2D eigenvalue weighted by Gasteiger charge is -2.23. The molecule has 0 saturated carbocycles. The lowest BCUT2D eigenvalue weighted by molar-refractivity contribution is 0.437. The number of rotatable bonds is 2. The van der Waals surface area contributed by atoms with Gasteiger partial charge in [-0.05, 0) is 40.5 Å². The van der Waals surface area contributed by atoms with Crippen molar-refractivity contribution in [2.24, 2.45) is 0 Å². The summed E-state index contributed by atoms with van der Waals surface area (Å²) in [5, 5.41) is 0. The summed E-state index contributed by atoms with van der Waals surface area (Å²) in [6.45, 7) is 0.828. The van der Waals surface area contributed by atoms with E-state index in [4.69, 9.17) is 0 Å². The number of hydrogen-bond donors (Lipinski definition) is 0. The SMILES string of the molecule is O=S(=O)(c1ccc(F)cc1Br)N1CC=CCC1. The molecule has 1 aliphatic rings. The van der Waals surface area contributed by atoms with Crippen LogP contribution >= 0.6 is 15.9 Å². The van der Waals surface area contributed by atoms with Crippen LogP contribution in [0.2, 0.25) is 0 Å². The van der Waals surface area contributed by atoms with Crippen LogP contribution in [-0.2, 0) is 10.0 Å². The third kappa shape index (κ3) is 2.59. The summed E-state index contributed by atoms with van der Waals surface area (Å²) in [4.78, 5) is 0.106. The molecular formula is C11H11BrFNO2S. The van der Waals surface area contributed by atoms with Crippen LogP contribution in [0.1, 0.15) is 6.42 Å². The highest BCUT2D eigenvalue weighted by atomic mass is 79.9. The molecule has 0 atom stereocenters. The highest BCUT2D eigenvalue weighted by Gasteiger charge is 2.26. The van der Waals surface area contributed by atoms with E-state index in [0.29, 0.717) is 19.5 Å². The summed E-state index contributed by atoms with van der Waals surface area (Å²) in [6.07, 6.45) is 4.47. The van der Waals surface area contributed by atoms with Crippen molar-refractivity contribution >= 4 is 26.0 Å². The predicted molar refractivity (Wildman–Crippen MR) is 66.6 cm³/mol. The second-order valence-corrected chi connectivity index (χ2v) is 6.46. The molecule has 1 aromatic carbocycles. The number of hydrogen-bond acceptors (Lipinski definition) is 2. The van der Waals surface area contributed by atoms with Gasteiger partial charge in [0.05, 0.1) is 4.90 Å². The first-order valence-electron chi connectivity index (χ1n) is 5.12. The van der Waals surface area contributed by atoms with Crippen LogP contribution in [0.15, 0.2) is 39.7 Å². The molecule has 17 heavy (non-hydrogen) atoms. The molecular weight excluding hydrogens is 309 g/mol. The van der Waals surface area contributed by atoms with Crippen molar-refractivity contribution in [3.8, 4) is 0 Å². The molecule has 0 aliphatic carbocycles. The van der Waals surface area contributed by atoms with Crippen molar-refractivity contribution < 1.29 is 12.8 Å². The molecule has 0 fully saturated rings. The first-order chi connectivity index (χ1) is 8.01. The van der Waals surface area contributed by atoms with Crippen molar-refractivity contribution in [2.75, 3.05) is 13.1 Å². The first-order valence-corrected chi connectivity index (χ1v) is 7.35. The van der Waals surface area contributed by atoms with E-state index < -0.39 is 15.8 Å². The highest BCUT2D eigenvalue weighted by Crippen LogP contribution is 2.26. The molecule has 0 amide bonds. The Balaban J connectivity index is 2.40. The van der Waals surface area contributed by atoms with E-state index in [2.05, 4.69) is 15.9 Å². The summed E-state index contributed by atoms with van der Waals surface area (Å²) in [5.41, 5.74) is 0. The van der Waals surface area contributed by atoms with Gasteiger partial charge in [-0.2, -0.15) is 4.31 Å². The zero-order valence-electron chi connectivity index (χ0n) is 8.94. The maximum absolute atomic E-state index is 12.9. The second-order valence-electron chi connectivity index (χ2n) is 3.70. The van der Waals surface area contributed by atoms with E-state index in [-0.39, 0.29) is 9.37 Å². The molecule has 0 spiro atoms. The molecule has 0 unspecified atom stereocenters. The minimum atomic E-state index is -3.54. The van der Waals surface area contributed by atoms with Gasteiger partial charge in [0.25, 0.3) is 0 Å². The molecule has 1 aliphatic heterocycles. The van der Waals surface area contributed by atoms with E-state index in [1.807, 2.05) is 12.2 Å². The lowest BCUT2D eigenvalue weighted by atomic mass is 10.3. The average Bonchev–Trinajstić information content (AvgIpc) is 2.29. The fourth-order valence-corrected chi connectivity index (χ4v) is 4.08. The van der Waals surface area contributed by atoms with Gasteiger partial charge in [-0.25, -0.2) is 12.8 Å². The Morgan fingerprint density at radius 3 is 2.65 bits per heavy atom. The van der Waals surface area contributed by atoms with Crippen LogP contribution in [0.25, 0.3) is 0 Å². The van der Waals surface area contributed by atoms with Gasteiger partial charge in [-0.3, -0.25) is 0 Å². The van der Waals surface area contributed by atoms with Gasteiger partial charge in [-0.1, -0.05) is 12.2 Å². The second kappa shape index (κ2) is 4.88. The molecule has 0 saturated heterocycles. The minimum Gasteiger partial charge on any atom is -0.207 e. The maximum Gasteiger partial charge on any atom is 0.244 e. The van der Waals surface area contributed by atoms with E-state index >= 15 is 0 Å². The molecule has 0 aromatic heterocycles. The Kier molecular flexibility index (Phi) is 3.65. The third-order valence-electron chi connectivity index (χ3n) is 2.53. The molecule has 92 valence electrons. The predicted octanol–water partition coefficient (Wildman–Crippen LogP) is 2.54. The molecule has 1 aromatic rings. The summed E-state index contributed by atoms with van der Waals surface area (Å²) in [5.74, 6) is -0.464. The molecule has 0 radical (unpaired) electrons. The summed E-state index contributed by atoms with van der Waals surface area (Å²) in [7, 11) is -3.54. The quantitative estimate of drug-likeness (QED) is 0.786. The molecule has 6 heteroatoms. The number of nitrogens with zero attached hydrogens (tertiary/aromatic N) is 1. The molecule has 1 heterocycles. The normalized spacial score (nSPS) is 17.3. The highest BCUT2D eigenvalue weighted by molar-refractivity contribution is 9.10. The maximum atomic E-state index is 12.9. The van der Waals surface area contributed by atoms with Crippen molar-refractivity contribution in [2.45, 2.75) is 11.3 Å². The monoisotopic (exact) mass is 319 g/mol. The van der Waals surface area contributed by atoms with Crippen molar-refractivity contribution in [1.82, 2.24) is 4.31 Å². The molecule has 2 rings (SSSR count). The lowest BCUT2D eigenvalue weighted by Crippen LogP contribution is -2.34. The molecule has 0 N–H and O–H groups in total. The Hall–Kier alpha value is -0.720. The third-order valence-corrected chi connectivity index (χ3v) is 5.37. The Labute approximate surface area is 108 Å². The molecule has 3 nitrogen and oxygen atoms in total. The van der Waals surface area contributed by atoms with Gasteiger partial charge >= 0.3 is 0 Å². The van der Waals surface area contributed by atoms with Crippen LogP contribution in [0.5, 0.6) is 0 Å². The van der Waals surface area contributed by atoms with E-state index in [9.17, 15) is 12.8 Å². The van der Waals surface area contributed by atoms with Gasteiger partial charge in [0.1, 0.15) is 5.82 Å². The van der Waals surface area contributed by atoms with E-state index in [1.165, 1.54) is 10.4 Å². The minimum absolute atomic E-state index is 0.106. The zero-order valence-corrected chi connectivity index (χ0v) is 11.3. The fraction of sp³-hybridized carbons (Fsp3) is 0.273.